The second-order valence-corrected chi connectivity index (χ2v) is 6.04. The fraction of sp³-hybridized carbons (Fsp3) is 0.714. The van der Waals surface area contributed by atoms with Gasteiger partial charge in [0.05, 0.1) is 0 Å². The number of nitrogens with one attached hydrogen (secondary N) is 1. The van der Waals surface area contributed by atoms with E-state index in [2.05, 4.69) is 10.2 Å². The highest BCUT2D eigenvalue weighted by molar-refractivity contribution is 5.78. The van der Waals surface area contributed by atoms with Gasteiger partial charge >= 0.3 is 12.1 Å². The highest BCUT2D eigenvalue weighted by Gasteiger charge is 2.39. The molecule has 22 heavy (non-hydrogen) atoms. The largest absolute Gasteiger partial charge is 0.461 e. The minimum atomic E-state index is -4.44. The van der Waals surface area contributed by atoms with Crippen LogP contribution < -0.4 is 0 Å². The Labute approximate surface area is 125 Å². The van der Waals surface area contributed by atoms with Crippen molar-refractivity contribution in [2.45, 2.75) is 50.4 Å². The summed E-state index contributed by atoms with van der Waals surface area (Å²) in [7, 11) is 0. The van der Waals surface area contributed by atoms with Gasteiger partial charge in [0.2, 0.25) is 0 Å². The number of ether oxygens (including phenoxy) is 1. The molecule has 2 saturated heterocycles. The number of piperidine rings is 1. The number of aromatic nitrogens is 2. The zero-order valence-electron chi connectivity index (χ0n) is 12.2. The number of H-pyrrole nitrogens is 1. The molecule has 1 aromatic heterocycles. The molecule has 0 aliphatic carbocycles. The van der Waals surface area contributed by atoms with Crippen LogP contribution in [0.1, 0.15) is 43.5 Å². The summed E-state index contributed by atoms with van der Waals surface area (Å²) in [6, 6.07) is 0.798. The van der Waals surface area contributed by atoms with E-state index in [1.807, 2.05) is 11.8 Å². The fourth-order valence-electron chi connectivity index (χ4n) is 3.27. The normalized spacial score (nSPS) is 30.5. The summed E-state index contributed by atoms with van der Waals surface area (Å²) < 4.78 is 43.1. The van der Waals surface area contributed by atoms with Crippen LogP contribution in [0.5, 0.6) is 0 Å². The van der Waals surface area contributed by atoms with Gasteiger partial charge in [0, 0.05) is 24.6 Å². The Bertz CT molecular complexity index is 558. The average Bonchev–Trinajstić information content (AvgIpc) is 3.05. The molecule has 0 amide bonds. The molecule has 1 aromatic rings. The van der Waals surface area contributed by atoms with Crippen LogP contribution in [-0.4, -0.2) is 46.3 Å². The number of aromatic amines is 1. The summed E-state index contributed by atoms with van der Waals surface area (Å²) in [5, 5.41) is 5.85. The maximum Gasteiger partial charge on any atom is 0.435 e. The number of halogens is 3. The van der Waals surface area contributed by atoms with Crippen molar-refractivity contribution in [2.75, 3.05) is 13.1 Å². The van der Waals surface area contributed by atoms with Gasteiger partial charge in [0.25, 0.3) is 0 Å². The van der Waals surface area contributed by atoms with Gasteiger partial charge in [-0.1, -0.05) is 0 Å². The summed E-state index contributed by atoms with van der Waals surface area (Å²) in [5.41, 5.74) is -0.412. The molecule has 2 aliphatic heterocycles. The SMILES string of the molecule is C[C@@H]1C[C@@H](N2CCC[C@H](c3cc(C(F)(F)F)n[nH]3)C2)C(=O)O1. The van der Waals surface area contributed by atoms with Crippen molar-refractivity contribution in [3.63, 3.8) is 0 Å². The molecule has 3 atom stereocenters. The molecule has 5 nitrogen and oxygen atoms in total. The fourth-order valence-corrected chi connectivity index (χ4v) is 3.27. The zero-order valence-corrected chi connectivity index (χ0v) is 12.2. The van der Waals surface area contributed by atoms with Crippen LogP contribution in [0, 0.1) is 0 Å². The van der Waals surface area contributed by atoms with Gasteiger partial charge in [-0.2, -0.15) is 18.3 Å². The number of hydrogen-bond acceptors (Lipinski definition) is 4. The van der Waals surface area contributed by atoms with Gasteiger partial charge in [-0.05, 0) is 32.4 Å². The lowest BCUT2D eigenvalue weighted by molar-refractivity contribution is -0.145. The molecule has 3 rings (SSSR count). The molecular formula is C14H18F3N3O2. The van der Waals surface area contributed by atoms with E-state index in [4.69, 9.17) is 4.74 Å². The van der Waals surface area contributed by atoms with E-state index in [1.165, 1.54) is 0 Å². The molecule has 0 bridgehead atoms. The first-order valence-electron chi connectivity index (χ1n) is 7.41. The number of carbonyl (C=O) groups is 1. The topological polar surface area (TPSA) is 58.2 Å². The Balaban J connectivity index is 1.71. The number of hydrogen-bond donors (Lipinski definition) is 1. The number of carbonyl (C=O) groups excluding carboxylic acids is 1. The van der Waals surface area contributed by atoms with Crippen LogP contribution in [0.15, 0.2) is 6.07 Å². The number of nitrogens with zero attached hydrogens (tertiary/aromatic N) is 2. The van der Waals surface area contributed by atoms with Crippen LogP contribution in [0.25, 0.3) is 0 Å². The molecule has 0 radical (unpaired) electrons. The minimum absolute atomic E-state index is 0.0685. The summed E-state index contributed by atoms with van der Waals surface area (Å²) >= 11 is 0. The molecule has 3 heterocycles. The first-order chi connectivity index (χ1) is 10.3. The van der Waals surface area contributed by atoms with E-state index in [0.29, 0.717) is 18.7 Å². The predicted molar refractivity (Wildman–Crippen MR) is 71.1 cm³/mol. The Hall–Kier alpha value is -1.57. The lowest BCUT2D eigenvalue weighted by atomic mass is 9.93. The molecule has 0 spiro atoms. The van der Waals surface area contributed by atoms with E-state index in [9.17, 15) is 18.0 Å². The first kappa shape index (κ1) is 15.3. The van der Waals surface area contributed by atoms with E-state index in [0.717, 1.165) is 25.5 Å². The summed E-state index contributed by atoms with van der Waals surface area (Å²) in [6.45, 7) is 3.17. The number of rotatable bonds is 2. The summed E-state index contributed by atoms with van der Waals surface area (Å²) in [4.78, 5) is 13.9. The van der Waals surface area contributed by atoms with E-state index >= 15 is 0 Å². The van der Waals surface area contributed by atoms with Gasteiger partial charge in [-0.3, -0.25) is 14.8 Å². The van der Waals surface area contributed by atoms with Crippen LogP contribution >= 0.6 is 0 Å². The second-order valence-electron chi connectivity index (χ2n) is 6.04. The van der Waals surface area contributed by atoms with Gasteiger partial charge < -0.3 is 4.74 Å². The summed E-state index contributed by atoms with van der Waals surface area (Å²) in [5.74, 6) is -0.296. The lowest BCUT2D eigenvalue weighted by Crippen LogP contribution is -2.44. The van der Waals surface area contributed by atoms with Crippen LogP contribution in [0.3, 0.4) is 0 Å². The Morgan fingerprint density at radius 2 is 2.23 bits per heavy atom. The van der Waals surface area contributed by atoms with Crippen molar-refractivity contribution < 1.29 is 22.7 Å². The van der Waals surface area contributed by atoms with Crippen molar-refractivity contribution in [1.29, 1.82) is 0 Å². The lowest BCUT2D eigenvalue weighted by Gasteiger charge is -2.34. The number of cyclic esters (lactones) is 1. The number of likely N-dealkylation sites (tertiary alicyclic amines) is 1. The first-order valence-corrected chi connectivity index (χ1v) is 7.41. The predicted octanol–water partition coefficient (Wildman–Crippen LogP) is 2.31. The Kier molecular flexibility index (Phi) is 3.88. The second kappa shape index (κ2) is 5.57. The maximum atomic E-state index is 12.6. The molecule has 122 valence electrons. The summed E-state index contributed by atoms with van der Waals surface area (Å²) in [6.07, 6.45) is -2.27. The van der Waals surface area contributed by atoms with Crippen molar-refractivity contribution in [2.24, 2.45) is 0 Å². The molecular weight excluding hydrogens is 299 g/mol. The Morgan fingerprint density at radius 1 is 1.45 bits per heavy atom. The standard InChI is InChI=1S/C14H18F3N3O2/c1-8-5-11(13(21)22-8)20-4-2-3-9(7-20)10-6-12(19-18-10)14(15,16)17/h6,8-9,11H,2-5,7H2,1H3,(H,18,19)/t8-,9+,11-/m1/s1. The third-order valence-electron chi connectivity index (χ3n) is 4.37. The van der Waals surface area contributed by atoms with E-state index in [1.54, 1.807) is 0 Å². The van der Waals surface area contributed by atoms with Gasteiger partial charge in [0.15, 0.2) is 5.69 Å². The number of esters is 1. The average molecular weight is 317 g/mol. The molecule has 0 saturated carbocycles. The minimum Gasteiger partial charge on any atom is -0.461 e. The van der Waals surface area contributed by atoms with Crippen LogP contribution in [0.2, 0.25) is 0 Å². The molecule has 2 fully saturated rings. The van der Waals surface area contributed by atoms with Crippen molar-refractivity contribution in [1.82, 2.24) is 15.1 Å². The quantitative estimate of drug-likeness (QED) is 0.851. The molecule has 2 aliphatic rings. The van der Waals surface area contributed by atoms with Gasteiger partial charge in [-0.15, -0.1) is 0 Å². The van der Waals surface area contributed by atoms with Gasteiger partial charge in [0.1, 0.15) is 12.1 Å². The highest BCUT2D eigenvalue weighted by atomic mass is 19.4. The van der Waals surface area contributed by atoms with E-state index < -0.39 is 11.9 Å². The van der Waals surface area contributed by atoms with Crippen molar-refractivity contribution in [3.8, 4) is 0 Å². The molecule has 1 N–H and O–H groups in total. The highest BCUT2D eigenvalue weighted by Crippen LogP contribution is 2.33. The maximum absolute atomic E-state index is 12.6. The Morgan fingerprint density at radius 3 is 2.82 bits per heavy atom. The zero-order chi connectivity index (χ0) is 15.9. The molecule has 0 aromatic carbocycles. The monoisotopic (exact) mass is 317 g/mol. The third-order valence-corrected chi connectivity index (χ3v) is 4.37. The number of alkyl halides is 3. The molecule has 0 unspecified atom stereocenters. The van der Waals surface area contributed by atoms with E-state index in [-0.39, 0.29) is 24.0 Å². The van der Waals surface area contributed by atoms with Crippen molar-refractivity contribution in [3.05, 3.63) is 17.5 Å². The smallest absolute Gasteiger partial charge is 0.435 e. The van der Waals surface area contributed by atoms with Crippen LogP contribution in [0.4, 0.5) is 13.2 Å². The van der Waals surface area contributed by atoms with Gasteiger partial charge in [-0.25, -0.2) is 0 Å². The molecule has 8 heteroatoms. The third kappa shape index (κ3) is 2.97. The van der Waals surface area contributed by atoms with Crippen LogP contribution in [-0.2, 0) is 15.7 Å². The van der Waals surface area contributed by atoms with Crippen molar-refractivity contribution >= 4 is 5.97 Å².